The van der Waals surface area contributed by atoms with E-state index in [1.54, 1.807) is 72.9 Å². The second kappa shape index (κ2) is 14.5. The van der Waals surface area contributed by atoms with E-state index in [2.05, 4.69) is 20.5 Å². The summed E-state index contributed by atoms with van der Waals surface area (Å²) in [6.45, 7) is 2.17. The van der Waals surface area contributed by atoms with Crippen molar-refractivity contribution in [3.05, 3.63) is 125 Å². The van der Waals surface area contributed by atoms with Crippen molar-refractivity contribution in [2.24, 2.45) is 0 Å². The maximum atomic E-state index is 13.4. The number of nitrogens with one attached hydrogen (secondary N) is 2. The topological polar surface area (TPSA) is 132 Å². The molecule has 1 unspecified atom stereocenters. The summed E-state index contributed by atoms with van der Waals surface area (Å²) in [6, 6.07) is 23.2. The van der Waals surface area contributed by atoms with E-state index in [9.17, 15) is 24.3 Å². The molecule has 1 fully saturated rings. The number of amides is 3. The van der Waals surface area contributed by atoms with Crippen LogP contribution >= 0.6 is 11.6 Å². The predicted molar refractivity (Wildman–Crippen MR) is 172 cm³/mol. The molecule has 0 radical (unpaired) electrons. The molecule has 0 saturated carbocycles. The number of benzene rings is 3. The van der Waals surface area contributed by atoms with Gasteiger partial charge in [0.25, 0.3) is 17.7 Å². The van der Waals surface area contributed by atoms with Crippen molar-refractivity contribution in [1.82, 2.24) is 15.2 Å². The van der Waals surface area contributed by atoms with Crippen LogP contribution in [0.2, 0.25) is 5.02 Å². The molecule has 3 N–H and O–H groups in total. The predicted octanol–water partition coefficient (Wildman–Crippen LogP) is 5.29. The number of carboxylic acid groups (broad SMARTS) is 1. The second-order valence-corrected chi connectivity index (χ2v) is 11.0. The summed E-state index contributed by atoms with van der Waals surface area (Å²) < 4.78 is 0. The Hall–Kier alpha value is -5.22. The van der Waals surface area contributed by atoms with Crippen molar-refractivity contribution in [2.75, 3.05) is 36.4 Å². The molecule has 5 rings (SSSR count). The molecular formula is C34H32ClN5O5. The molecule has 0 aliphatic carbocycles. The summed E-state index contributed by atoms with van der Waals surface area (Å²) in [5.41, 5.74) is 2.84. The Morgan fingerprint density at radius 1 is 0.822 bits per heavy atom. The van der Waals surface area contributed by atoms with Gasteiger partial charge in [0.1, 0.15) is 0 Å². The molecule has 3 amide bonds. The van der Waals surface area contributed by atoms with Crippen LogP contribution in [0.3, 0.4) is 0 Å². The van der Waals surface area contributed by atoms with E-state index >= 15 is 0 Å². The Bertz CT molecular complexity index is 1690. The fourth-order valence-electron chi connectivity index (χ4n) is 5.25. The van der Waals surface area contributed by atoms with Crippen molar-refractivity contribution < 1.29 is 24.3 Å². The molecule has 230 valence electrons. The third-order valence-corrected chi connectivity index (χ3v) is 7.74. The molecule has 1 aliphatic heterocycles. The smallest absolute Gasteiger partial charge is 0.305 e. The average Bonchev–Trinajstić information content (AvgIpc) is 3.31. The second-order valence-electron chi connectivity index (χ2n) is 10.6. The zero-order valence-corrected chi connectivity index (χ0v) is 25.1. The van der Waals surface area contributed by atoms with Gasteiger partial charge in [0.15, 0.2) is 0 Å². The minimum Gasteiger partial charge on any atom is -0.481 e. The number of aromatic nitrogens is 1. The van der Waals surface area contributed by atoms with Gasteiger partial charge in [0.2, 0.25) is 0 Å². The number of rotatable bonds is 9. The molecule has 1 atom stereocenters. The molecule has 10 nitrogen and oxygen atoms in total. The van der Waals surface area contributed by atoms with Crippen molar-refractivity contribution in [3.63, 3.8) is 0 Å². The highest BCUT2D eigenvalue weighted by Gasteiger charge is 2.24. The van der Waals surface area contributed by atoms with Crippen LogP contribution in [0.5, 0.6) is 0 Å². The Kier molecular flexibility index (Phi) is 10.1. The van der Waals surface area contributed by atoms with E-state index in [4.69, 9.17) is 11.6 Å². The van der Waals surface area contributed by atoms with Gasteiger partial charge in [0, 0.05) is 60.3 Å². The van der Waals surface area contributed by atoms with Gasteiger partial charge in [-0.15, -0.1) is 0 Å². The van der Waals surface area contributed by atoms with Crippen LogP contribution in [0, 0.1) is 0 Å². The largest absolute Gasteiger partial charge is 0.481 e. The van der Waals surface area contributed by atoms with E-state index in [0.29, 0.717) is 65.7 Å². The van der Waals surface area contributed by atoms with Crippen LogP contribution < -0.4 is 15.5 Å². The van der Waals surface area contributed by atoms with Gasteiger partial charge in [-0.1, -0.05) is 41.9 Å². The highest BCUT2D eigenvalue weighted by Crippen LogP contribution is 2.30. The fourth-order valence-corrected chi connectivity index (χ4v) is 5.44. The minimum atomic E-state index is -1.07. The average molecular weight is 626 g/mol. The normalized spacial score (nSPS) is 13.8. The maximum Gasteiger partial charge on any atom is 0.305 e. The molecule has 4 aromatic rings. The lowest BCUT2D eigenvalue weighted by Crippen LogP contribution is -2.35. The number of hydrogen-bond donors (Lipinski definition) is 3. The molecule has 3 aromatic carbocycles. The number of halogens is 1. The SMILES string of the molecule is O=C(O)CC(NC(=O)c1ccc(N2CCCN(C(=O)c3ccccc3)CC2)c(NC(=O)c2cccc(Cl)c2)c1)c1cccnc1. The number of nitrogens with zero attached hydrogens (tertiary/aromatic N) is 3. The molecular weight excluding hydrogens is 594 g/mol. The number of carboxylic acids is 1. The number of carbonyl (C=O) groups excluding carboxylic acids is 3. The van der Waals surface area contributed by atoms with E-state index < -0.39 is 23.8 Å². The van der Waals surface area contributed by atoms with E-state index in [1.807, 2.05) is 23.1 Å². The zero-order valence-electron chi connectivity index (χ0n) is 24.4. The Labute approximate surface area is 265 Å². The lowest BCUT2D eigenvalue weighted by atomic mass is 10.0. The Morgan fingerprint density at radius 2 is 1.60 bits per heavy atom. The van der Waals surface area contributed by atoms with Gasteiger partial charge in [-0.25, -0.2) is 0 Å². The van der Waals surface area contributed by atoms with Gasteiger partial charge in [0.05, 0.1) is 23.8 Å². The van der Waals surface area contributed by atoms with Crippen molar-refractivity contribution in [1.29, 1.82) is 0 Å². The standard InChI is InChI=1S/C34H32ClN5O5/c35-27-11-4-9-24(19-27)32(43)38-29-20-25(33(44)37-28(21-31(41)42)26-10-5-14-36-22-26)12-13-30(29)39-15-6-16-40(18-17-39)34(45)23-7-2-1-3-8-23/h1-5,7-14,19-20,22,28H,6,15-18,21H2,(H,37,44)(H,38,43)(H,41,42). The Balaban J connectivity index is 1.41. The molecule has 1 saturated heterocycles. The van der Waals surface area contributed by atoms with Gasteiger partial charge < -0.3 is 25.5 Å². The third kappa shape index (κ3) is 8.04. The summed E-state index contributed by atoms with van der Waals surface area (Å²) in [5.74, 6) is -2.03. The highest BCUT2D eigenvalue weighted by molar-refractivity contribution is 6.31. The summed E-state index contributed by atoms with van der Waals surface area (Å²) in [5, 5.41) is 15.6. The summed E-state index contributed by atoms with van der Waals surface area (Å²) in [6.07, 6.45) is 3.44. The zero-order chi connectivity index (χ0) is 31.8. The van der Waals surface area contributed by atoms with E-state index in [1.165, 1.54) is 6.20 Å². The molecule has 2 heterocycles. The molecule has 0 spiro atoms. The van der Waals surface area contributed by atoms with Crippen LogP contribution in [0.1, 0.15) is 55.5 Å². The van der Waals surface area contributed by atoms with E-state index in [0.717, 1.165) is 0 Å². The number of hydrogen-bond acceptors (Lipinski definition) is 6. The fraction of sp³-hybridized carbons (Fsp3) is 0.206. The van der Waals surface area contributed by atoms with Crippen LogP contribution in [-0.2, 0) is 4.79 Å². The summed E-state index contributed by atoms with van der Waals surface area (Å²) >= 11 is 6.13. The monoisotopic (exact) mass is 625 g/mol. The number of aliphatic carboxylic acids is 1. The first-order valence-electron chi connectivity index (χ1n) is 14.5. The lowest BCUT2D eigenvalue weighted by Gasteiger charge is -2.27. The molecule has 1 aromatic heterocycles. The molecule has 1 aliphatic rings. The first-order chi connectivity index (χ1) is 21.8. The summed E-state index contributed by atoms with van der Waals surface area (Å²) in [4.78, 5) is 59.4. The van der Waals surface area contributed by atoms with Gasteiger partial charge >= 0.3 is 5.97 Å². The highest BCUT2D eigenvalue weighted by atomic mass is 35.5. The lowest BCUT2D eigenvalue weighted by molar-refractivity contribution is -0.137. The quantitative estimate of drug-likeness (QED) is 0.230. The van der Waals surface area contributed by atoms with Gasteiger partial charge in [-0.2, -0.15) is 0 Å². The van der Waals surface area contributed by atoms with Crippen molar-refractivity contribution >= 4 is 46.7 Å². The maximum absolute atomic E-state index is 13.4. The first kappa shape index (κ1) is 31.2. The number of anilines is 2. The number of carbonyl (C=O) groups is 4. The molecule has 0 bridgehead atoms. The molecule has 45 heavy (non-hydrogen) atoms. The van der Waals surface area contributed by atoms with Crippen LogP contribution in [0.15, 0.2) is 97.3 Å². The van der Waals surface area contributed by atoms with E-state index in [-0.39, 0.29) is 17.9 Å². The summed E-state index contributed by atoms with van der Waals surface area (Å²) in [7, 11) is 0. The van der Waals surface area contributed by atoms with Crippen molar-refractivity contribution in [2.45, 2.75) is 18.9 Å². The third-order valence-electron chi connectivity index (χ3n) is 7.51. The van der Waals surface area contributed by atoms with Gasteiger partial charge in [-0.05, 0) is 66.6 Å². The Morgan fingerprint density at radius 3 is 2.33 bits per heavy atom. The van der Waals surface area contributed by atoms with Crippen molar-refractivity contribution in [3.8, 4) is 0 Å². The molecule has 11 heteroatoms. The van der Waals surface area contributed by atoms with Crippen LogP contribution in [0.25, 0.3) is 0 Å². The first-order valence-corrected chi connectivity index (χ1v) is 14.9. The van der Waals surface area contributed by atoms with Crippen LogP contribution in [0.4, 0.5) is 11.4 Å². The van der Waals surface area contributed by atoms with Gasteiger partial charge in [-0.3, -0.25) is 24.2 Å². The minimum absolute atomic E-state index is 0.0384. The number of pyridine rings is 1. The van der Waals surface area contributed by atoms with Crippen LogP contribution in [-0.4, -0.2) is 64.9 Å².